The largest absolute Gasteiger partial charge is 0.508 e. The van der Waals surface area contributed by atoms with Crippen molar-refractivity contribution < 1.29 is 34.8 Å². The van der Waals surface area contributed by atoms with Crippen molar-refractivity contribution in [3.63, 3.8) is 0 Å². The van der Waals surface area contributed by atoms with E-state index in [9.17, 15) is 34.8 Å². The Labute approximate surface area is 224 Å². The number of carbonyl (C=O) groups excluding carboxylic acids is 3. The predicted molar refractivity (Wildman–Crippen MR) is 141 cm³/mol. The van der Waals surface area contributed by atoms with Gasteiger partial charge < -0.3 is 26.2 Å². The lowest BCUT2D eigenvalue weighted by molar-refractivity contribution is -0.153. The van der Waals surface area contributed by atoms with Gasteiger partial charge in [0.25, 0.3) is 5.91 Å². The first kappa shape index (κ1) is 26.2. The number of nitrogens with zero attached hydrogens (tertiary/aromatic N) is 1. The van der Waals surface area contributed by atoms with E-state index >= 15 is 0 Å². The molecule has 9 heteroatoms. The van der Waals surface area contributed by atoms with Gasteiger partial charge in [-0.1, -0.05) is 29.5 Å². The van der Waals surface area contributed by atoms with Gasteiger partial charge in [-0.2, -0.15) is 0 Å². The lowest BCUT2D eigenvalue weighted by Crippen LogP contribution is -2.65. The molecule has 2 aromatic carbocycles. The molecule has 200 valence electrons. The third kappa shape index (κ3) is 3.83. The molecule has 9 nitrogen and oxygen atoms in total. The number of primary amides is 1. The molecule has 2 aromatic rings. The third-order valence-electron chi connectivity index (χ3n) is 8.00. The van der Waals surface area contributed by atoms with Crippen LogP contribution in [0.15, 0.2) is 53.3 Å². The van der Waals surface area contributed by atoms with Crippen LogP contribution >= 0.6 is 0 Å². The average molecular weight is 529 g/mol. The van der Waals surface area contributed by atoms with Crippen molar-refractivity contribution >= 4 is 23.2 Å². The minimum atomic E-state index is -2.66. The molecule has 3 aliphatic rings. The minimum Gasteiger partial charge on any atom is -0.508 e. The van der Waals surface area contributed by atoms with Gasteiger partial charge in [-0.3, -0.25) is 19.3 Å². The number of ketones is 2. The number of aliphatic hydroxyl groups is 3. The van der Waals surface area contributed by atoms with Crippen LogP contribution in [0.1, 0.15) is 34.2 Å². The summed E-state index contributed by atoms with van der Waals surface area (Å²) < 4.78 is 0. The Morgan fingerprint density at radius 1 is 1.05 bits per heavy atom. The maximum absolute atomic E-state index is 13.9. The number of fused-ring (bicyclic) bond motifs is 3. The fourth-order valence-corrected chi connectivity index (χ4v) is 6.14. The Morgan fingerprint density at radius 3 is 2.33 bits per heavy atom. The topological polar surface area (TPSA) is 161 Å². The maximum Gasteiger partial charge on any atom is 0.255 e. The van der Waals surface area contributed by atoms with E-state index in [1.807, 2.05) is 31.2 Å². The first-order chi connectivity index (χ1) is 18.4. The number of aromatic hydroxyl groups is 1. The van der Waals surface area contributed by atoms with Crippen LogP contribution in [0, 0.1) is 30.6 Å². The molecule has 0 bridgehead atoms. The molecule has 4 atom stereocenters. The fourth-order valence-electron chi connectivity index (χ4n) is 6.14. The molecule has 0 spiro atoms. The van der Waals surface area contributed by atoms with Crippen molar-refractivity contribution in [2.24, 2.45) is 17.6 Å². The maximum atomic E-state index is 13.9. The Kier molecular flexibility index (Phi) is 6.13. The van der Waals surface area contributed by atoms with Gasteiger partial charge >= 0.3 is 0 Å². The second kappa shape index (κ2) is 9.12. The highest BCUT2D eigenvalue weighted by Gasteiger charge is 2.64. The van der Waals surface area contributed by atoms with E-state index in [-0.39, 0.29) is 29.7 Å². The number of nitrogens with two attached hydrogens (primary N) is 1. The number of hydrogen-bond acceptors (Lipinski definition) is 8. The highest BCUT2D eigenvalue weighted by molar-refractivity contribution is 6.24. The van der Waals surface area contributed by atoms with Crippen molar-refractivity contribution in [1.82, 2.24) is 4.90 Å². The van der Waals surface area contributed by atoms with Gasteiger partial charge in [0.2, 0.25) is 5.78 Å². The van der Waals surface area contributed by atoms with Crippen LogP contribution in [0.2, 0.25) is 0 Å². The molecular formula is C30H28N2O7. The van der Waals surface area contributed by atoms with E-state index in [4.69, 9.17) is 5.73 Å². The fraction of sp³-hybridized carbons (Fsp3) is 0.300. The lowest BCUT2D eigenvalue weighted by Gasteiger charge is -2.50. The minimum absolute atomic E-state index is 0.0157. The van der Waals surface area contributed by atoms with Crippen LogP contribution in [0.4, 0.5) is 0 Å². The molecule has 6 N–H and O–H groups in total. The zero-order chi connectivity index (χ0) is 28.4. The molecule has 0 aliphatic heterocycles. The van der Waals surface area contributed by atoms with E-state index in [1.54, 1.807) is 20.2 Å². The second-order valence-electron chi connectivity index (χ2n) is 10.6. The molecule has 3 aliphatic carbocycles. The standard InChI is InChI=1S/C30H28N2O7/c1-14-4-6-15(7-5-14)8-9-16-10-11-20(33)22-18(16)12-17-13-19-24(32(2)3)26(35)23(29(31)38)28(37)30(19,39)27(36)21(17)25(22)34/h4-7,10-11,17,19,24,33-34,37,39H,12-13H2,1-3H3,(H2,31,38). The van der Waals surface area contributed by atoms with Crippen LogP contribution in [0.3, 0.4) is 0 Å². The summed E-state index contributed by atoms with van der Waals surface area (Å²) in [6, 6.07) is 9.50. The lowest BCUT2D eigenvalue weighted by atomic mass is 9.57. The number of rotatable bonds is 2. The molecule has 0 radical (unpaired) electrons. The molecule has 1 amide bonds. The number of carbonyl (C=O) groups is 3. The molecule has 1 fully saturated rings. The number of phenolic OH excluding ortho intramolecular Hbond substituents is 1. The number of aryl methyl sites for hydroxylation is 1. The highest BCUT2D eigenvalue weighted by atomic mass is 16.3. The zero-order valence-corrected chi connectivity index (χ0v) is 21.6. The smallest absolute Gasteiger partial charge is 0.255 e. The number of hydrogen-bond donors (Lipinski definition) is 5. The summed E-state index contributed by atoms with van der Waals surface area (Å²) in [6.07, 6.45) is 0.201. The van der Waals surface area contributed by atoms with Crippen LogP contribution in [0.5, 0.6) is 5.75 Å². The molecule has 39 heavy (non-hydrogen) atoms. The number of Topliss-reactive ketones (excluding diaryl/α,β-unsaturated/α-hetero) is 2. The molecule has 0 aromatic heterocycles. The molecule has 0 saturated heterocycles. The van der Waals surface area contributed by atoms with Gasteiger partial charge in [0.1, 0.15) is 22.8 Å². The van der Waals surface area contributed by atoms with Gasteiger partial charge in [-0.15, -0.1) is 0 Å². The Balaban J connectivity index is 1.68. The molecule has 0 heterocycles. The molecule has 1 saturated carbocycles. The molecule has 4 unspecified atom stereocenters. The summed E-state index contributed by atoms with van der Waals surface area (Å²) in [7, 11) is 3.12. The van der Waals surface area contributed by atoms with Gasteiger partial charge in [-0.05, 0) is 69.6 Å². The van der Waals surface area contributed by atoms with E-state index < -0.39 is 58.0 Å². The number of likely N-dealkylation sites (N-methyl/N-ethyl adjacent to an activating group) is 1. The van der Waals surface area contributed by atoms with Crippen molar-refractivity contribution in [2.45, 2.75) is 31.4 Å². The van der Waals surface area contributed by atoms with Crippen molar-refractivity contribution in [3.05, 3.63) is 81.1 Å². The Morgan fingerprint density at radius 2 is 1.72 bits per heavy atom. The Hall–Kier alpha value is -4.39. The van der Waals surface area contributed by atoms with Gasteiger partial charge in [-0.25, -0.2) is 0 Å². The van der Waals surface area contributed by atoms with E-state index in [1.165, 1.54) is 11.0 Å². The van der Waals surface area contributed by atoms with Gasteiger partial charge in [0.05, 0.1) is 11.6 Å². The number of benzene rings is 2. The zero-order valence-electron chi connectivity index (χ0n) is 21.6. The first-order valence-corrected chi connectivity index (χ1v) is 12.5. The number of aliphatic hydroxyl groups excluding tert-OH is 2. The van der Waals surface area contributed by atoms with E-state index in [0.717, 1.165) is 11.1 Å². The van der Waals surface area contributed by atoms with E-state index in [2.05, 4.69) is 11.8 Å². The SMILES string of the molecule is Cc1ccc(C#Cc2ccc(O)c3c2CC2CC4C(N(C)C)C(=O)C(C(N)=O)=C(O)C4(O)C(=O)C2=C3O)cc1. The average Bonchev–Trinajstić information content (AvgIpc) is 2.86. The quantitative estimate of drug-likeness (QED) is 0.291. The van der Waals surface area contributed by atoms with Gasteiger partial charge in [0, 0.05) is 22.6 Å². The highest BCUT2D eigenvalue weighted by Crippen LogP contribution is 2.52. The van der Waals surface area contributed by atoms with Crippen molar-refractivity contribution in [1.29, 1.82) is 0 Å². The second-order valence-corrected chi connectivity index (χ2v) is 10.6. The summed E-state index contributed by atoms with van der Waals surface area (Å²) in [6.45, 7) is 1.97. The predicted octanol–water partition coefficient (Wildman–Crippen LogP) is 1.67. The third-order valence-corrected chi connectivity index (χ3v) is 8.00. The van der Waals surface area contributed by atoms with Crippen LogP contribution < -0.4 is 5.73 Å². The van der Waals surface area contributed by atoms with Gasteiger partial charge in [0.15, 0.2) is 11.4 Å². The summed E-state index contributed by atoms with van der Waals surface area (Å²) in [5.41, 5.74) is 4.61. The first-order valence-electron chi connectivity index (χ1n) is 12.5. The van der Waals surface area contributed by atoms with Crippen LogP contribution in [-0.2, 0) is 20.8 Å². The summed E-state index contributed by atoms with van der Waals surface area (Å²) in [5, 5.41) is 44.5. The van der Waals surface area contributed by atoms with E-state index in [0.29, 0.717) is 11.1 Å². The summed E-state index contributed by atoms with van der Waals surface area (Å²) >= 11 is 0. The normalized spacial score (nSPS) is 26.0. The molecular weight excluding hydrogens is 500 g/mol. The number of amides is 1. The monoisotopic (exact) mass is 528 g/mol. The van der Waals surface area contributed by atoms with Crippen LogP contribution in [-0.4, -0.2) is 68.5 Å². The summed E-state index contributed by atoms with van der Waals surface area (Å²) in [4.78, 5) is 40.6. The molecule has 5 rings (SSSR count). The number of phenols is 1. The Bertz CT molecular complexity index is 1570. The van der Waals surface area contributed by atoms with Crippen molar-refractivity contribution in [3.8, 4) is 17.6 Å². The van der Waals surface area contributed by atoms with Crippen LogP contribution in [0.25, 0.3) is 5.76 Å². The summed E-state index contributed by atoms with van der Waals surface area (Å²) in [5.74, 6) is -0.639. The van der Waals surface area contributed by atoms with Crippen molar-refractivity contribution in [2.75, 3.05) is 14.1 Å².